The summed E-state index contributed by atoms with van der Waals surface area (Å²) >= 11 is 1.68. The normalized spacial score (nSPS) is 10.8. The van der Waals surface area contributed by atoms with Crippen molar-refractivity contribution in [2.45, 2.75) is 18.8 Å². The fourth-order valence-corrected chi connectivity index (χ4v) is 4.88. The Hall–Kier alpha value is -3.75. The predicted octanol–water partition coefficient (Wildman–Crippen LogP) is 7.69. The van der Waals surface area contributed by atoms with Gasteiger partial charge < -0.3 is 19.1 Å². The van der Waals surface area contributed by atoms with Gasteiger partial charge in [-0.1, -0.05) is 66.4 Å². The van der Waals surface area contributed by atoms with Crippen LogP contribution in [0.25, 0.3) is 0 Å². The van der Waals surface area contributed by atoms with E-state index in [1.54, 1.807) is 38.1 Å². The summed E-state index contributed by atoms with van der Waals surface area (Å²) in [4.78, 5) is 19.3. The maximum atomic E-state index is 11.9. The third-order valence-electron chi connectivity index (χ3n) is 6.06. The molecule has 0 aliphatic heterocycles. The molecular formula is C32H33BrN2O4S. The molecule has 0 heterocycles. The summed E-state index contributed by atoms with van der Waals surface area (Å²) in [6.45, 7) is 1.30. The minimum absolute atomic E-state index is 0. The standard InChI is InChI=1S/C32H32N2O4S.BrH/c1-36-29-17-9-24(10-18-29)21-34(22-25-11-19-30(37-2)20-12-25)32(39-23-26-7-5-4-6-8-26)33-28-15-13-27(14-16-28)31(35)38-3;/h4-20H,21-23H2,1-3H3;1H. The van der Waals surface area contributed by atoms with E-state index >= 15 is 0 Å². The van der Waals surface area contributed by atoms with Crippen molar-refractivity contribution in [2.24, 2.45) is 4.99 Å². The van der Waals surface area contributed by atoms with Gasteiger partial charge in [0.2, 0.25) is 0 Å². The Morgan fingerprint density at radius 1 is 0.700 bits per heavy atom. The first-order chi connectivity index (χ1) is 19.1. The van der Waals surface area contributed by atoms with Crippen LogP contribution < -0.4 is 9.47 Å². The van der Waals surface area contributed by atoms with Gasteiger partial charge in [-0.3, -0.25) is 0 Å². The zero-order valence-electron chi connectivity index (χ0n) is 22.8. The molecule has 0 aromatic heterocycles. The largest absolute Gasteiger partial charge is 0.497 e. The highest BCUT2D eigenvalue weighted by molar-refractivity contribution is 8.93. The van der Waals surface area contributed by atoms with Gasteiger partial charge in [0.05, 0.1) is 32.6 Å². The molecule has 0 aliphatic rings. The number of hydrogen-bond acceptors (Lipinski definition) is 6. The first-order valence-electron chi connectivity index (χ1n) is 12.5. The lowest BCUT2D eigenvalue weighted by Crippen LogP contribution is -2.28. The minimum atomic E-state index is -0.371. The number of carbonyl (C=O) groups excluding carboxylic acids is 1. The van der Waals surface area contributed by atoms with Crippen molar-refractivity contribution in [3.05, 3.63) is 125 Å². The van der Waals surface area contributed by atoms with Crippen LogP contribution in [-0.4, -0.2) is 37.4 Å². The van der Waals surface area contributed by atoms with Gasteiger partial charge in [0.25, 0.3) is 0 Å². The third kappa shape index (κ3) is 8.89. The molecule has 8 heteroatoms. The maximum Gasteiger partial charge on any atom is 0.337 e. The number of halogens is 1. The van der Waals surface area contributed by atoms with Gasteiger partial charge in [-0.15, -0.1) is 17.0 Å². The van der Waals surface area contributed by atoms with Crippen LogP contribution in [0.3, 0.4) is 0 Å². The summed E-state index contributed by atoms with van der Waals surface area (Å²) in [5.74, 6) is 2.03. The van der Waals surface area contributed by atoms with Crippen molar-refractivity contribution < 1.29 is 19.0 Å². The molecule has 4 aromatic carbocycles. The van der Waals surface area contributed by atoms with E-state index in [0.29, 0.717) is 18.7 Å². The fourth-order valence-electron chi connectivity index (χ4n) is 3.91. The number of aliphatic imine (C=N–C) groups is 1. The molecular weight excluding hydrogens is 588 g/mol. The number of esters is 1. The summed E-state index contributed by atoms with van der Waals surface area (Å²) in [7, 11) is 4.71. The lowest BCUT2D eigenvalue weighted by molar-refractivity contribution is 0.0600. The Labute approximate surface area is 250 Å². The number of methoxy groups -OCH3 is 3. The molecule has 0 atom stereocenters. The van der Waals surface area contributed by atoms with Crippen molar-refractivity contribution in [2.75, 3.05) is 21.3 Å². The van der Waals surface area contributed by atoms with Crippen molar-refractivity contribution in [3.8, 4) is 11.5 Å². The number of rotatable bonds is 10. The molecule has 4 rings (SSSR count). The summed E-state index contributed by atoms with van der Waals surface area (Å²) < 4.78 is 15.6. The maximum absolute atomic E-state index is 11.9. The number of thioether (sulfide) groups is 1. The second-order valence-corrected chi connectivity index (χ2v) is 9.70. The Bertz CT molecular complexity index is 1310. The molecule has 0 spiro atoms. The SMILES string of the molecule is Br.COC(=O)c1ccc(N=C(SCc2ccccc2)N(Cc2ccc(OC)cc2)Cc2ccc(OC)cc2)cc1. The molecule has 0 unspecified atom stereocenters. The van der Waals surface area contributed by atoms with Crippen LogP contribution in [0.4, 0.5) is 5.69 Å². The van der Waals surface area contributed by atoms with Crippen LogP contribution >= 0.6 is 28.7 Å². The zero-order chi connectivity index (χ0) is 27.5. The number of amidine groups is 1. The number of nitrogens with zero attached hydrogens (tertiary/aromatic N) is 2. The zero-order valence-corrected chi connectivity index (χ0v) is 25.3. The molecule has 40 heavy (non-hydrogen) atoms. The van der Waals surface area contributed by atoms with E-state index in [-0.39, 0.29) is 23.0 Å². The summed E-state index contributed by atoms with van der Waals surface area (Å²) in [5, 5.41) is 0.872. The van der Waals surface area contributed by atoms with E-state index in [1.807, 2.05) is 54.6 Å². The van der Waals surface area contributed by atoms with Crippen LogP contribution in [0.5, 0.6) is 11.5 Å². The van der Waals surface area contributed by atoms with E-state index in [2.05, 4.69) is 41.3 Å². The molecule has 0 bridgehead atoms. The molecule has 4 aromatic rings. The van der Waals surface area contributed by atoms with E-state index in [4.69, 9.17) is 19.2 Å². The van der Waals surface area contributed by atoms with Crippen molar-refractivity contribution >= 4 is 45.6 Å². The summed E-state index contributed by atoms with van der Waals surface area (Å²) in [5.41, 5.74) is 4.73. The van der Waals surface area contributed by atoms with Crippen LogP contribution in [0.2, 0.25) is 0 Å². The molecule has 0 saturated carbocycles. The molecule has 0 fully saturated rings. The number of ether oxygens (including phenoxy) is 3. The van der Waals surface area contributed by atoms with E-state index in [0.717, 1.165) is 39.2 Å². The average Bonchev–Trinajstić information content (AvgIpc) is 3.00. The smallest absolute Gasteiger partial charge is 0.337 e. The first kappa shape index (κ1) is 30.8. The van der Waals surface area contributed by atoms with E-state index in [9.17, 15) is 4.79 Å². The Morgan fingerprint density at radius 3 is 1.70 bits per heavy atom. The van der Waals surface area contributed by atoms with Crippen molar-refractivity contribution in [1.82, 2.24) is 4.90 Å². The van der Waals surface area contributed by atoms with Crippen molar-refractivity contribution in [1.29, 1.82) is 0 Å². The van der Waals surface area contributed by atoms with Crippen LogP contribution in [0, 0.1) is 0 Å². The monoisotopic (exact) mass is 620 g/mol. The highest BCUT2D eigenvalue weighted by Crippen LogP contribution is 2.26. The number of carbonyl (C=O) groups is 1. The fraction of sp³-hybridized carbons (Fsp3) is 0.188. The van der Waals surface area contributed by atoms with Crippen molar-refractivity contribution in [3.63, 3.8) is 0 Å². The van der Waals surface area contributed by atoms with Gasteiger partial charge in [-0.05, 0) is 65.2 Å². The predicted molar refractivity (Wildman–Crippen MR) is 168 cm³/mol. The van der Waals surface area contributed by atoms with Gasteiger partial charge in [-0.2, -0.15) is 0 Å². The topological polar surface area (TPSA) is 60.4 Å². The molecule has 0 radical (unpaired) electrons. The molecule has 0 amide bonds. The molecule has 0 aliphatic carbocycles. The Balaban J connectivity index is 0.00000441. The minimum Gasteiger partial charge on any atom is -0.497 e. The van der Waals surface area contributed by atoms with Gasteiger partial charge >= 0.3 is 5.97 Å². The highest BCUT2D eigenvalue weighted by atomic mass is 79.9. The van der Waals surface area contributed by atoms with Gasteiger partial charge in [0.1, 0.15) is 11.5 Å². The van der Waals surface area contributed by atoms with Crippen LogP contribution in [-0.2, 0) is 23.6 Å². The molecule has 208 valence electrons. The number of benzene rings is 4. The Kier molecular flexibility index (Phi) is 12.1. The summed E-state index contributed by atoms with van der Waals surface area (Å²) in [6, 6.07) is 33.7. The Morgan fingerprint density at radius 2 is 1.23 bits per heavy atom. The van der Waals surface area contributed by atoms with E-state index < -0.39 is 0 Å². The number of hydrogen-bond donors (Lipinski definition) is 0. The molecule has 0 saturated heterocycles. The second kappa shape index (κ2) is 15.7. The quantitative estimate of drug-likeness (QED) is 0.103. The molecule has 6 nitrogen and oxygen atoms in total. The van der Waals surface area contributed by atoms with Gasteiger partial charge in [-0.25, -0.2) is 9.79 Å². The van der Waals surface area contributed by atoms with Crippen LogP contribution in [0.1, 0.15) is 27.0 Å². The second-order valence-electron chi connectivity index (χ2n) is 8.76. The van der Waals surface area contributed by atoms with Crippen LogP contribution in [0.15, 0.2) is 108 Å². The first-order valence-corrected chi connectivity index (χ1v) is 13.5. The summed E-state index contributed by atoms with van der Waals surface area (Å²) in [6.07, 6.45) is 0. The van der Waals surface area contributed by atoms with Gasteiger partial charge in [0.15, 0.2) is 5.17 Å². The van der Waals surface area contributed by atoms with E-state index in [1.165, 1.54) is 12.7 Å². The average molecular weight is 622 g/mol. The molecule has 0 N–H and O–H groups in total. The third-order valence-corrected chi connectivity index (χ3v) is 7.14. The lowest BCUT2D eigenvalue weighted by Gasteiger charge is -2.26. The lowest BCUT2D eigenvalue weighted by atomic mass is 10.1. The van der Waals surface area contributed by atoms with Gasteiger partial charge in [0, 0.05) is 18.8 Å². The highest BCUT2D eigenvalue weighted by Gasteiger charge is 2.16.